The first-order chi connectivity index (χ1) is 10.5. The number of carbonyl (C=O) groups excluding carboxylic acids is 1. The molecule has 0 aliphatic rings. The number of aliphatic hydroxyl groups excluding tert-OH is 1. The predicted octanol–water partition coefficient (Wildman–Crippen LogP) is 1.35. The average molecular weight is 311 g/mol. The fraction of sp³-hybridized carbons (Fsp3) is 0.286. The molecule has 0 spiro atoms. The number of hydrogen-bond acceptors (Lipinski definition) is 5. The summed E-state index contributed by atoms with van der Waals surface area (Å²) < 4.78 is 28.7. The van der Waals surface area contributed by atoms with Gasteiger partial charge in [-0.1, -0.05) is 0 Å². The first kappa shape index (κ1) is 15.9. The summed E-state index contributed by atoms with van der Waals surface area (Å²) in [4.78, 5) is 15.4. The number of halogens is 2. The molecule has 22 heavy (non-hydrogen) atoms. The largest absolute Gasteiger partial charge is 0.435 e. The molecule has 0 aliphatic heterocycles. The van der Waals surface area contributed by atoms with Crippen molar-refractivity contribution in [3.05, 3.63) is 30.3 Å². The van der Waals surface area contributed by atoms with Crippen LogP contribution in [0.5, 0.6) is 5.75 Å². The summed E-state index contributed by atoms with van der Waals surface area (Å²) in [5.41, 5.74) is 0.456. The van der Waals surface area contributed by atoms with Gasteiger partial charge in [0, 0.05) is 18.5 Å². The van der Waals surface area contributed by atoms with Gasteiger partial charge in [0.1, 0.15) is 17.7 Å². The lowest BCUT2D eigenvalue weighted by molar-refractivity contribution is -0.128. The molecule has 1 aromatic carbocycles. The van der Waals surface area contributed by atoms with Gasteiger partial charge in [0.15, 0.2) is 0 Å². The van der Waals surface area contributed by atoms with Crippen LogP contribution < -0.4 is 15.4 Å². The highest BCUT2D eigenvalue weighted by Gasteiger charge is 2.13. The van der Waals surface area contributed by atoms with Gasteiger partial charge in [0.2, 0.25) is 5.91 Å². The van der Waals surface area contributed by atoms with E-state index in [4.69, 9.17) is 0 Å². The van der Waals surface area contributed by atoms with Gasteiger partial charge in [-0.3, -0.25) is 4.79 Å². The molecular weight excluding hydrogens is 296 g/mol. The van der Waals surface area contributed by atoms with Crippen molar-refractivity contribution in [2.75, 3.05) is 18.9 Å². The van der Waals surface area contributed by atoms with Crippen LogP contribution in [-0.2, 0) is 4.79 Å². The predicted molar refractivity (Wildman–Crippen MR) is 76.9 cm³/mol. The van der Waals surface area contributed by atoms with Crippen molar-refractivity contribution in [3.63, 3.8) is 0 Å². The molecule has 118 valence electrons. The molecule has 8 heteroatoms. The molecule has 0 bridgehead atoms. The Hall–Kier alpha value is -2.48. The molecule has 1 amide bonds. The molecule has 0 radical (unpaired) electrons. The quantitative estimate of drug-likeness (QED) is 0.750. The van der Waals surface area contributed by atoms with Crippen molar-refractivity contribution in [2.24, 2.45) is 0 Å². The minimum atomic E-state index is -2.90. The Balaban J connectivity index is 2.12. The van der Waals surface area contributed by atoms with E-state index in [0.29, 0.717) is 11.3 Å². The number of aromatic nitrogens is 1. The molecule has 6 nitrogen and oxygen atoms in total. The molecule has 0 aliphatic carbocycles. The maximum atomic E-state index is 12.2. The smallest absolute Gasteiger partial charge is 0.387 e. The number of pyridine rings is 1. The minimum absolute atomic E-state index is 0.0116. The molecule has 0 saturated heterocycles. The van der Waals surface area contributed by atoms with Crippen LogP contribution in [0.3, 0.4) is 0 Å². The first-order valence-corrected chi connectivity index (χ1v) is 6.48. The first-order valence-electron chi connectivity index (χ1n) is 6.48. The summed E-state index contributed by atoms with van der Waals surface area (Å²) in [5, 5.41) is 15.4. The zero-order chi connectivity index (χ0) is 16.1. The van der Waals surface area contributed by atoms with E-state index < -0.39 is 18.6 Å². The van der Waals surface area contributed by atoms with Gasteiger partial charge in [-0.05, 0) is 24.3 Å². The third kappa shape index (κ3) is 4.01. The number of rotatable bonds is 6. The van der Waals surface area contributed by atoms with Gasteiger partial charge in [0.25, 0.3) is 0 Å². The molecule has 1 heterocycles. The van der Waals surface area contributed by atoms with Crippen molar-refractivity contribution in [1.82, 2.24) is 10.3 Å². The van der Waals surface area contributed by atoms with E-state index in [1.807, 2.05) is 0 Å². The molecular formula is C14H15F2N3O3. The number of nitrogens with zero attached hydrogens (tertiary/aromatic N) is 1. The van der Waals surface area contributed by atoms with Gasteiger partial charge < -0.3 is 20.5 Å². The lowest BCUT2D eigenvalue weighted by Crippen LogP contribution is -2.36. The van der Waals surface area contributed by atoms with Gasteiger partial charge in [0.05, 0.1) is 12.1 Å². The molecule has 2 aromatic rings. The number of carbonyl (C=O) groups is 1. The van der Waals surface area contributed by atoms with Crippen LogP contribution in [0.1, 0.15) is 0 Å². The van der Waals surface area contributed by atoms with Crippen molar-refractivity contribution >= 4 is 22.6 Å². The van der Waals surface area contributed by atoms with Crippen LogP contribution in [0.25, 0.3) is 10.9 Å². The van der Waals surface area contributed by atoms with Crippen LogP contribution >= 0.6 is 0 Å². The number of anilines is 1. The number of amides is 1. The van der Waals surface area contributed by atoms with E-state index in [1.54, 1.807) is 18.2 Å². The molecule has 1 aromatic heterocycles. The zero-order valence-corrected chi connectivity index (χ0v) is 11.7. The minimum Gasteiger partial charge on any atom is -0.435 e. The summed E-state index contributed by atoms with van der Waals surface area (Å²) in [6, 6.07) is 7.83. The second-order valence-electron chi connectivity index (χ2n) is 4.44. The van der Waals surface area contributed by atoms with Crippen LogP contribution in [0.2, 0.25) is 0 Å². The maximum absolute atomic E-state index is 12.2. The summed E-state index contributed by atoms with van der Waals surface area (Å²) in [7, 11) is 1.42. The highest BCUT2D eigenvalue weighted by atomic mass is 19.3. The third-order valence-electron chi connectivity index (χ3n) is 2.91. The average Bonchev–Trinajstić information content (AvgIpc) is 2.50. The number of alkyl halides is 2. The lowest BCUT2D eigenvalue weighted by Gasteiger charge is -2.11. The Morgan fingerprint density at radius 2 is 2.09 bits per heavy atom. The van der Waals surface area contributed by atoms with E-state index in [9.17, 15) is 18.7 Å². The second kappa shape index (κ2) is 6.99. The Bertz CT molecular complexity index is 667. The van der Waals surface area contributed by atoms with Crippen LogP contribution in [0.4, 0.5) is 14.6 Å². The number of benzene rings is 1. The lowest BCUT2D eigenvalue weighted by atomic mass is 10.2. The standard InChI is InChI=1S/C14H15F2N3O3/c1-17-13(21)11(20)7-18-12-5-3-8-2-4-9(22-14(15)16)6-10(8)19-12/h2-6,11,14,20H,7H2,1H3,(H,17,21)(H,18,19). The summed E-state index contributed by atoms with van der Waals surface area (Å²) in [5.74, 6) is -0.0943. The van der Waals surface area contributed by atoms with Gasteiger partial charge in [-0.15, -0.1) is 0 Å². The number of aliphatic hydroxyl groups is 1. The summed E-state index contributed by atoms with van der Waals surface area (Å²) in [6.07, 6.45) is -1.21. The number of hydrogen-bond donors (Lipinski definition) is 3. The molecule has 0 fully saturated rings. The highest BCUT2D eigenvalue weighted by molar-refractivity contribution is 5.82. The van der Waals surface area contributed by atoms with E-state index in [1.165, 1.54) is 19.2 Å². The van der Waals surface area contributed by atoms with Gasteiger partial charge >= 0.3 is 6.61 Å². The Kier molecular flexibility index (Phi) is 5.05. The fourth-order valence-corrected chi connectivity index (χ4v) is 1.83. The van der Waals surface area contributed by atoms with E-state index in [0.717, 1.165) is 5.39 Å². The van der Waals surface area contributed by atoms with Crippen LogP contribution in [0.15, 0.2) is 30.3 Å². The Morgan fingerprint density at radius 1 is 1.36 bits per heavy atom. The monoisotopic (exact) mass is 311 g/mol. The summed E-state index contributed by atoms with van der Waals surface area (Å²) in [6.45, 7) is -2.92. The zero-order valence-electron chi connectivity index (χ0n) is 11.7. The molecule has 1 atom stereocenters. The fourth-order valence-electron chi connectivity index (χ4n) is 1.83. The molecule has 0 saturated carbocycles. The normalized spacial score (nSPS) is 12.2. The van der Waals surface area contributed by atoms with Crippen LogP contribution in [-0.4, -0.2) is 42.3 Å². The molecule has 1 unspecified atom stereocenters. The highest BCUT2D eigenvalue weighted by Crippen LogP contribution is 2.22. The number of nitrogens with one attached hydrogen (secondary N) is 2. The number of likely N-dealkylation sites (N-methyl/N-ethyl adjacent to an activating group) is 1. The van der Waals surface area contributed by atoms with E-state index >= 15 is 0 Å². The topological polar surface area (TPSA) is 83.5 Å². The van der Waals surface area contributed by atoms with Gasteiger partial charge in [-0.2, -0.15) is 8.78 Å². The number of fused-ring (bicyclic) bond motifs is 1. The Labute approximate surface area is 125 Å². The van der Waals surface area contributed by atoms with E-state index in [2.05, 4.69) is 20.4 Å². The SMILES string of the molecule is CNC(=O)C(O)CNc1ccc2ccc(OC(F)F)cc2n1. The Morgan fingerprint density at radius 3 is 2.77 bits per heavy atom. The van der Waals surface area contributed by atoms with Crippen molar-refractivity contribution in [1.29, 1.82) is 0 Å². The van der Waals surface area contributed by atoms with Crippen molar-refractivity contribution in [2.45, 2.75) is 12.7 Å². The van der Waals surface area contributed by atoms with Gasteiger partial charge in [-0.25, -0.2) is 4.98 Å². The van der Waals surface area contributed by atoms with Crippen molar-refractivity contribution < 1.29 is 23.4 Å². The van der Waals surface area contributed by atoms with Crippen molar-refractivity contribution in [3.8, 4) is 5.75 Å². The van der Waals surface area contributed by atoms with E-state index in [-0.39, 0.29) is 12.3 Å². The third-order valence-corrected chi connectivity index (χ3v) is 2.91. The summed E-state index contributed by atoms with van der Waals surface area (Å²) >= 11 is 0. The molecule has 2 rings (SSSR count). The molecule has 3 N–H and O–H groups in total. The van der Waals surface area contributed by atoms with Crippen LogP contribution in [0, 0.1) is 0 Å². The second-order valence-corrected chi connectivity index (χ2v) is 4.44. The maximum Gasteiger partial charge on any atom is 0.387 e. The number of ether oxygens (including phenoxy) is 1.